The van der Waals surface area contributed by atoms with Crippen LogP contribution in [0.3, 0.4) is 0 Å². The molecular weight excluding hydrogens is 130 g/mol. The van der Waals surface area contributed by atoms with Gasteiger partial charge in [0.1, 0.15) is 6.04 Å². The highest BCUT2D eigenvalue weighted by atomic mass is 16.1. The Morgan fingerprint density at radius 2 is 2.20 bits per heavy atom. The van der Waals surface area contributed by atoms with Gasteiger partial charge in [0.05, 0.1) is 0 Å². The smallest absolute Gasteiger partial charge is 0.235 e. The largest absolute Gasteiger partial charge is 0.292 e. The van der Waals surface area contributed by atoms with Crippen LogP contribution in [0, 0.1) is 0 Å². The molecule has 3 heteroatoms. The number of carbonyl (C=O) groups excluding carboxylic acids is 2. The Balaban J connectivity index is 4.21. The topological polar surface area (TPSA) is 46.5 Å². The molecule has 10 heavy (non-hydrogen) atoms. The third kappa shape index (κ3) is 2.37. The molecule has 0 N–H and O–H groups in total. The lowest BCUT2D eigenvalue weighted by Crippen LogP contribution is -2.14. The van der Waals surface area contributed by atoms with E-state index in [2.05, 4.69) is 11.6 Å². The van der Waals surface area contributed by atoms with Crippen molar-refractivity contribution in [2.45, 2.75) is 19.9 Å². The zero-order chi connectivity index (χ0) is 8.15. The van der Waals surface area contributed by atoms with Gasteiger partial charge in [-0.05, 0) is 19.4 Å². The van der Waals surface area contributed by atoms with Crippen molar-refractivity contribution in [3.05, 3.63) is 12.2 Å². The molecule has 0 radical (unpaired) electrons. The molecule has 0 spiro atoms. The van der Waals surface area contributed by atoms with Crippen LogP contribution in [0.1, 0.15) is 13.8 Å². The maximum Gasteiger partial charge on any atom is 0.235 e. The minimum Gasteiger partial charge on any atom is -0.292 e. The number of carbonyl (C=O) groups is 1. The average molecular weight is 139 g/mol. The van der Waals surface area contributed by atoms with Crippen LogP contribution in [-0.4, -0.2) is 17.9 Å². The predicted octanol–water partition coefficient (Wildman–Crippen LogP) is 0.856. The summed E-state index contributed by atoms with van der Waals surface area (Å²) in [6.45, 7) is 6.53. The summed E-state index contributed by atoms with van der Waals surface area (Å²) in [7, 11) is 0. The molecule has 1 atom stereocenters. The average Bonchev–Trinajstić information content (AvgIpc) is 1.87. The summed E-state index contributed by atoms with van der Waals surface area (Å²) in [6, 6.07) is -0.630. The first-order chi connectivity index (χ1) is 4.59. The van der Waals surface area contributed by atoms with E-state index in [-0.39, 0.29) is 5.78 Å². The summed E-state index contributed by atoms with van der Waals surface area (Å²) < 4.78 is 0. The van der Waals surface area contributed by atoms with Crippen molar-refractivity contribution < 1.29 is 9.59 Å². The first-order valence-corrected chi connectivity index (χ1v) is 2.86. The molecule has 0 aliphatic carbocycles. The number of ketones is 1. The number of hydrogen-bond donors (Lipinski definition) is 0. The molecule has 3 nitrogen and oxygen atoms in total. The lowest BCUT2D eigenvalue weighted by atomic mass is 10.1. The second-order valence-electron chi connectivity index (χ2n) is 2.04. The molecule has 0 aliphatic heterocycles. The van der Waals surface area contributed by atoms with Crippen molar-refractivity contribution in [1.82, 2.24) is 0 Å². The molecule has 0 aromatic rings. The summed E-state index contributed by atoms with van der Waals surface area (Å²) in [5, 5.41) is 0. The monoisotopic (exact) mass is 139 g/mol. The van der Waals surface area contributed by atoms with Gasteiger partial charge in [-0.3, -0.25) is 4.79 Å². The van der Waals surface area contributed by atoms with Crippen molar-refractivity contribution in [1.29, 1.82) is 0 Å². The first-order valence-electron chi connectivity index (χ1n) is 2.86. The molecule has 0 aromatic carbocycles. The SMILES string of the molecule is C=C(C)C(=O)C(C)N=C=O. The van der Waals surface area contributed by atoms with Crippen LogP contribution in [-0.2, 0) is 9.59 Å². The highest BCUT2D eigenvalue weighted by molar-refractivity contribution is 5.98. The van der Waals surface area contributed by atoms with Crippen LogP contribution in [0.15, 0.2) is 17.1 Å². The van der Waals surface area contributed by atoms with E-state index in [1.54, 1.807) is 6.92 Å². The fourth-order valence-electron chi connectivity index (χ4n) is 0.494. The molecule has 0 saturated heterocycles. The van der Waals surface area contributed by atoms with E-state index < -0.39 is 6.04 Å². The van der Waals surface area contributed by atoms with E-state index in [9.17, 15) is 9.59 Å². The molecule has 0 saturated carbocycles. The molecule has 0 aromatic heterocycles. The minimum absolute atomic E-state index is 0.219. The predicted molar refractivity (Wildman–Crippen MR) is 37.4 cm³/mol. The Kier molecular flexibility index (Phi) is 3.29. The fourth-order valence-corrected chi connectivity index (χ4v) is 0.494. The van der Waals surface area contributed by atoms with Gasteiger partial charge >= 0.3 is 0 Å². The lowest BCUT2D eigenvalue weighted by molar-refractivity contribution is -0.116. The Morgan fingerprint density at radius 3 is 2.50 bits per heavy atom. The quantitative estimate of drug-likeness (QED) is 0.330. The normalized spacial score (nSPS) is 11.4. The maximum absolute atomic E-state index is 10.9. The van der Waals surface area contributed by atoms with Crippen LogP contribution < -0.4 is 0 Å². The standard InChI is InChI=1S/C7H9NO2/c1-5(2)7(10)6(3)8-4-9/h6H,1H2,2-3H3. The van der Waals surface area contributed by atoms with Gasteiger partial charge in [0.15, 0.2) is 5.78 Å². The second-order valence-corrected chi connectivity index (χ2v) is 2.04. The Morgan fingerprint density at radius 1 is 1.70 bits per heavy atom. The van der Waals surface area contributed by atoms with Crippen molar-refractivity contribution in [2.75, 3.05) is 0 Å². The summed E-state index contributed by atoms with van der Waals surface area (Å²) in [5.74, 6) is -0.219. The summed E-state index contributed by atoms with van der Waals surface area (Å²) in [4.78, 5) is 23.8. The highest BCUT2D eigenvalue weighted by Crippen LogP contribution is 1.98. The first kappa shape index (κ1) is 8.79. The van der Waals surface area contributed by atoms with Gasteiger partial charge in [-0.15, -0.1) is 0 Å². The van der Waals surface area contributed by atoms with Gasteiger partial charge in [0.25, 0.3) is 0 Å². The Bertz CT molecular complexity index is 202. The van der Waals surface area contributed by atoms with Crippen LogP contribution >= 0.6 is 0 Å². The number of Topliss-reactive ketones (excluding diaryl/α,β-unsaturated/α-hetero) is 1. The number of aliphatic imine (C=N–C) groups is 1. The van der Waals surface area contributed by atoms with E-state index in [0.717, 1.165) is 0 Å². The van der Waals surface area contributed by atoms with Gasteiger partial charge in [0, 0.05) is 0 Å². The minimum atomic E-state index is -0.630. The van der Waals surface area contributed by atoms with Crippen LogP contribution in [0.4, 0.5) is 0 Å². The Labute approximate surface area is 59.5 Å². The molecule has 0 heterocycles. The van der Waals surface area contributed by atoms with Crippen LogP contribution in [0.5, 0.6) is 0 Å². The zero-order valence-corrected chi connectivity index (χ0v) is 6.05. The van der Waals surface area contributed by atoms with Gasteiger partial charge in [-0.1, -0.05) is 6.58 Å². The van der Waals surface area contributed by atoms with E-state index in [0.29, 0.717) is 5.57 Å². The third-order valence-electron chi connectivity index (χ3n) is 1.05. The van der Waals surface area contributed by atoms with Crippen LogP contribution in [0.25, 0.3) is 0 Å². The molecule has 0 fully saturated rings. The highest BCUT2D eigenvalue weighted by Gasteiger charge is 2.10. The number of isocyanates is 1. The molecule has 54 valence electrons. The lowest BCUT2D eigenvalue weighted by Gasteiger charge is -1.99. The molecule has 0 amide bonds. The second kappa shape index (κ2) is 3.75. The van der Waals surface area contributed by atoms with E-state index >= 15 is 0 Å². The number of nitrogens with zero attached hydrogens (tertiary/aromatic N) is 1. The fraction of sp³-hybridized carbons (Fsp3) is 0.429. The van der Waals surface area contributed by atoms with E-state index in [1.165, 1.54) is 13.0 Å². The van der Waals surface area contributed by atoms with Gasteiger partial charge < -0.3 is 0 Å². The molecule has 1 unspecified atom stereocenters. The van der Waals surface area contributed by atoms with Crippen molar-refractivity contribution >= 4 is 11.9 Å². The summed E-state index contributed by atoms with van der Waals surface area (Å²) in [6.07, 6.45) is 1.32. The van der Waals surface area contributed by atoms with Gasteiger partial charge in [-0.25, -0.2) is 4.79 Å². The molecule has 0 rings (SSSR count). The van der Waals surface area contributed by atoms with Crippen molar-refractivity contribution in [3.8, 4) is 0 Å². The number of hydrogen-bond acceptors (Lipinski definition) is 3. The van der Waals surface area contributed by atoms with Gasteiger partial charge in [-0.2, -0.15) is 4.99 Å². The zero-order valence-electron chi connectivity index (χ0n) is 6.05. The van der Waals surface area contributed by atoms with Crippen molar-refractivity contribution in [3.63, 3.8) is 0 Å². The molecular formula is C7H9NO2. The third-order valence-corrected chi connectivity index (χ3v) is 1.05. The summed E-state index contributed by atoms with van der Waals surface area (Å²) in [5.41, 5.74) is 0.409. The molecule has 0 aliphatic rings. The summed E-state index contributed by atoms with van der Waals surface area (Å²) >= 11 is 0. The molecule has 0 bridgehead atoms. The van der Waals surface area contributed by atoms with E-state index in [4.69, 9.17) is 0 Å². The van der Waals surface area contributed by atoms with Crippen LogP contribution in [0.2, 0.25) is 0 Å². The Hall–Kier alpha value is -1.21. The van der Waals surface area contributed by atoms with E-state index in [1.807, 2.05) is 0 Å². The van der Waals surface area contributed by atoms with Crippen molar-refractivity contribution in [2.24, 2.45) is 4.99 Å². The number of rotatable bonds is 3. The van der Waals surface area contributed by atoms with Gasteiger partial charge in [0.2, 0.25) is 6.08 Å². The maximum atomic E-state index is 10.9.